The minimum atomic E-state index is -4.38. The van der Waals surface area contributed by atoms with E-state index in [1.807, 2.05) is 0 Å². The second-order valence-electron chi connectivity index (χ2n) is 5.45. The highest BCUT2D eigenvalue weighted by atomic mass is 19.4. The fourth-order valence-electron chi connectivity index (χ4n) is 2.45. The molecule has 1 amide bonds. The zero-order valence-electron chi connectivity index (χ0n) is 12.4. The van der Waals surface area contributed by atoms with Crippen molar-refractivity contribution in [3.05, 3.63) is 64.7 Å². The molecular formula is C16H13BF3NO3. The first-order valence-electron chi connectivity index (χ1n) is 7.21. The molecule has 0 saturated carbocycles. The standard InChI is InChI=1S/C16H13BF3NO3/c18-16(19,20)13-5-1-10(2-6-13)8-21-15(22)11-3-4-12-9-24-17(23)14(12)7-11/h1-7,23H,8-9H2,(H,21,22). The lowest BCUT2D eigenvalue weighted by Gasteiger charge is -2.09. The van der Waals surface area contributed by atoms with Gasteiger partial charge in [0.15, 0.2) is 0 Å². The van der Waals surface area contributed by atoms with Gasteiger partial charge in [-0.3, -0.25) is 4.79 Å². The number of halogens is 3. The molecule has 124 valence electrons. The van der Waals surface area contributed by atoms with Crippen molar-refractivity contribution < 1.29 is 27.6 Å². The summed E-state index contributed by atoms with van der Waals surface area (Å²) in [5, 5.41) is 12.3. The van der Waals surface area contributed by atoms with E-state index in [-0.39, 0.29) is 12.5 Å². The van der Waals surface area contributed by atoms with Crippen LogP contribution in [-0.4, -0.2) is 18.0 Å². The van der Waals surface area contributed by atoms with Crippen LogP contribution in [0.4, 0.5) is 13.2 Å². The van der Waals surface area contributed by atoms with Crippen LogP contribution < -0.4 is 10.8 Å². The van der Waals surface area contributed by atoms with Gasteiger partial charge in [-0.05, 0) is 40.9 Å². The Hall–Kier alpha value is -2.32. The molecule has 2 aromatic carbocycles. The van der Waals surface area contributed by atoms with Crippen molar-refractivity contribution in [3.63, 3.8) is 0 Å². The average molecular weight is 335 g/mol. The normalized spacial score (nSPS) is 13.8. The third-order valence-electron chi connectivity index (χ3n) is 3.81. The summed E-state index contributed by atoms with van der Waals surface area (Å²) in [7, 11) is -1.04. The van der Waals surface area contributed by atoms with Gasteiger partial charge in [-0.2, -0.15) is 13.2 Å². The average Bonchev–Trinajstić information content (AvgIpc) is 2.93. The first-order chi connectivity index (χ1) is 11.3. The number of fused-ring (bicyclic) bond motifs is 1. The number of amides is 1. The molecule has 0 radical (unpaired) electrons. The first-order valence-corrected chi connectivity index (χ1v) is 7.21. The van der Waals surface area contributed by atoms with Crippen molar-refractivity contribution in [1.29, 1.82) is 0 Å². The largest absolute Gasteiger partial charge is 0.491 e. The number of hydrogen-bond donors (Lipinski definition) is 2. The Balaban J connectivity index is 1.65. The molecule has 2 aromatic rings. The van der Waals surface area contributed by atoms with Crippen LogP contribution in [0.2, 0.25) is 0 Å². The summed E-state index contributed by atoms with van der Waals surface area (Å²) < 4.78 is 42.5. The number of hydrogen-bond acceptors (Lipinski definition) is 3. The van der Waals surface area contributed by atoms with Crippen LogP contribution in [0, 0.1) is 0 Å². The molecule has 4 nitrogen and oxygen atoms in total. The topological polar surface area (TPSA) is 58.6 Å². The SMILES string of the molecule is O=C(NCc1ccc(C(F)(F)F)cc1)c1ccc2c(c1)B(O)OC2. The molecule has 0 atom stereocenters. The van der Waals surface area contributed by atoms with E-state index >= 15 is 0 Å². The Morgan fingerprint density at radius 2 is 1.92 bits per heavy atom. The fourth-order valence-corrected chi connectivity index (χ4v) is 2.45. The maximum Gasteiger partial charge on any atom is 0.491 e. The van der Waals surface area contributed by atoms with Gasteiger partial charge in [-0.1, -0.05) is 18.2 Å². The number of benzene rings is 2. The predicted octanol–water partition coefficient (Wildman–Crippen LogP) is 1.85. The molecule has 0 unspecified atom stereocenters. The quantitative estimate of drug-likeness (QED) is 0.842. The van der Waals surface area contributed by atoms with E-state index in [0.717, 1.165) is 17.7 Å². The molecule has 0 aromatic heterocycles. The van der Waals surface area contributed by atoms with Crippen LogP contribution >= 0.6 is 0 Å². The lowest BCUT2D eigenvalue weighted by Crippen LogP contribution is -2.30. The molecule has 0 fully saturated rings. The highest BCUT2D eigenvalue weighted by molar-refractivity contribution is 6.61. The van der Waals surface area contributed by atoms with E-state index < -0.39 is 18.9 Å². The van der Waals surface area contributed by atoms with Gasteiger partial charge >= 0.3 is 13.3 Å². The number of nitrogens with one attached hydrogen (secondary N) is 1. The van der Waals surface area contributed by atoms with Crippen LogP contribution in [0.3, 0.4) is 0 Å². The molecular weight excluding hydrogens is 322 g/mol. The summed E-state index contributed by atoms with van der Waals surface area (Å²) >= 11 is 0. The van der Waals surface area contributed by atoms with E-state index in [4.69, 9.17) is 4.65 Å². The molecule has 8 heteroatoms. The summed E-state index contributed by atoms with van der Waals surface area (Å²) in [6.07, 6.45) is -4.38. The molecule has 0 bridgehead atoms. The number of carbonyl (C=O) groups is 1. The summed E-state index contributed by atoms with van der Waals surface area (Å²) in [4.78, 5) is 12.1. The third kappa shape index (κ3) is 3.44. The first kappa shape index (κ1) is 16.5. The Morgan fingerprint density at radius 1 is 1.21 bits per heavy atom. The second-order valence-corrected chi connectivity index (χ2v) is 5.45. The summed E-state index contributed by atoms with van der Waals surface area (Å²) in [5.41, 5.74) is 1.55. The van der Waals surface area contributed by atoms with Crippen molar-refractivity contribution >= 4 is 18.5 Å². The molecule has 3 rings (SSSR count). The molecule has 24 heavy (non-hydrogen) atoms. The molecule has 0 aliphatic carbocycles. The Labute approximate surface area is 136 Å². The van der Waals surface area contributed by atoms with E-state index in [0.29, 0.717) is 23.2 Å². The van der Waals surface area contributed by atoms with E-state index in [9.17, 15) is 23.0 Å². The highest BCUT2D eigenvalue weighted by Gasteiger charge is 2.30. The number of carbonyl (C=O) groups excluding carboxylic acids is 1. The zero-order valence-corrected chi connectivity index (χ0v) is 12.4. The Bertz CT molecular complexity index is 762. The minimum absolute atomic E-state index is 0.104. The summed E-state index contributed by atoms with van der Waals surface area (Å²) in [5.74, 6) is -0.378. The second kappa shape index (κ2) is 6.29. The monoisotopic (exact) mass is 335 g/mol. The molecule has 0 saturated heterocycles. The molecule has 0 spiro atoms. The van der Waals surface area contributed by atoms with Crippen molar-refractivity contribution in [3.8, 4) is 0 Å². The van der Waals surface area contributed by atoms with Gasteiger partial charge in [0.25, 0.3) is 5.91 Å². The predicted molar refractivity (Wildman–Crippen MR) is 81.5 cm³/mol. The van der Waals surface area contributed by atoms with Crippen LogP contribution in [0.1, 0.15) is 27.0 Å². The highest BCUT2D eigenvalue weighted by Crippen LogP contribution is 2.29. The van der Waals surface area contributed by atoms with Crippen LogP contribution in [0.5, 0.6) is 0 Å². The Kier molecular flexibility index (Phi) is 4.34. The lowest BCUT2D eigenvalue weighted by molar-refractivity contribution is -0.137. The minimum Gasteiger partial charge on any atom is -0.423 e. The molecule has 2 N–H and O–H groups in total. The number of alkyl halides is 3. The van der Waals surface area contributed by atoms with Gasteiger partial charge in [-0.15, -0.1) is 0 Å². The Morgan fingerprint density at radius 3 is 2.58 bits per heavy atom. The van der Waals surface area contributed by atoms with Crippen LogP contribution in [0.15, 0.2) is 42.5 Å². The smallest absolute Gasteiger partial charge is 0.423 e. The molecule has 1 heterocycles. The van der Waals surface area contributed by atoms with Gasteiger partial charge in [0.1, 0.15) is 0 Å². The maximum absolute atomic E-state index is 12.5. The number of rotatable bonds is 3. The molecule has 1 aliphatic heterocycles. The third-order valence-corrected chi connectivity index (χ3v) is 3.81. The van der Waals surface area contributed by atoms with E-state index in [2.05, 4.69) is 5.32 Å². The van der Waals surface area contributed by atoms with Gasteiger partial charge < -0.3 is 15.0 Å². The van der Waals surface area contributed by atoms with Crippen LogP contribution in [0.25, 0.3) is 0 Å². The lowest BCUT2D eigenvalue weighted by atomic mass is 9.79. The zero-order chi connectivity index (χ0) is 17.3. The van der Waals surface area contributed by atoms with Crippen molar-refractivity contribution in [2.24, 2.45) is 0 Å². The van der Waals surface area contributed by atoms with Gasteiger partial charge in [0.05, 0.1) is 12.2 Å². The van der Waals surface area contributed by atoms with Gasteiger partial charge in [0, 0.05) is 12.1 Å². The van der Waals surface area contributed by atoms with E-state index in [1.54, 1.807) is 18.2 Å². The van der Waals surface area contributed by atoms with Gasteiger partial charge in [0.2, 0.25) is 0 Å². The molecule has 1 aliphatic rings. The fraction of sp³-hybridized carbons (Fsp3) is 0.188. The van der Waals surface area contributed by atoms with Crippen LogP contribution in [-0.2, 0) is 24.0 Å². The summed E-state index contributed by atoms with van der Waals surface area (Å²) in [6, 6.07) is 9.47. The summed E-state index contributed by atoms with van der Waals surface area (Å²) in [6.45, 7) is 0.400. The van der Waals surface area contributed by atoms with Gasteiger partial charge in [-0.25, -0.2) is 0 Å². The van der Waals surface area contributed by atoms with Crippen molar-refractivity contribution in [1.82, 2.24) is 5.32 Å². The van der Waals surface area contributed by atoms with Crippen molar-refractivity contribution in [2.45, 2.75) is 19.3 Å². The van der Waals surface area contributed by atoms with Crippen molar-refractivity contribution in [2.75, 3.05) is 0 Å². The maximum atomic E-state index is 12.5. The van der Waals surface area contributed by atoms with E-state index in [1.165, 1.54) is 12.1 Å².